The van der Waals surface area contributed by atoms with Gasteiger partial charge in [-0.1, -0.05) is 18.2 Å². The molecule has 0 fully saturated rings. The molecule has 1 N–H and O–H groups in total. The average Bonchev–Trinajstić information content (AvgIpc) is 2.89. The fourth-order valence-corrected chi connectivity index (χ4v) is 2.18. The first-order valence-corrected chi connectivity index (χ1v) is 6.35. The third kappa shape index (κ3) is 2.40. The number of benzene rings is 1. The van der Waals surface area contributed by atoms with Gasteiger partial charge in [0.25, 0.3) is 0 Å². The van der Waals surface area contributed by atoms with E-state index in [1.807, 2.05) is 24.3 Å². The molecular weight excluding hydrogens is 260 g/mol. The smallest absolute Gasteiger partial charge is 0.227 e. The minimum atomic E-state index is -0.306. The van der Waals surface area contributed by atoms with Gasteiger partial charge in [-0.3, -0.25) is 4.79 Å². The summed E-state index contributed by atoms with van der Waals surface area (Å²) in [6.45, 7) is 0.582. The van der Waals surface area contributed by atoms with E-state index in [2.05, 4.69) is 0 Å². The van der Waals surface area contributed by atoms with Crippen LogP contribution in [0.5, 0.6) is 11.5 Å². The van der Waals surface area contributed by atoms with Crippen LogP contribution in [0.15, 0.2) is 45.8 Å². The van der Waals surface area contributed by atoms with Crippen LogP contribution in [0.3, 0.4) is 0 Å². The third-order valence-electron chi connectivity index (χ3n) is 3.25. The Morgan fingerprint density at radius 3 is 3.00 bits per heavy atom. The number of hydrogen-bond donors (Lipinski definition) is 1. The van der Waals surface area contributed by atoms with Crippen LogP contribution in [0.4, 0.5) is 0 Å². The van der Waals surface area contributed by atoms with Crippen molar-refractivity contribution >= 4 is 0 Å². The molecule has 0 bridgehead atoms. The molecule has 2 aromatic rings. The van der Waals surface area contributed by atoms with Crippen molar-refractivity contribution in [3.05, 3.63) is 58.1 Å². The van der Waals surface area contributed by atoms with Crippen molar-refractivity contribution in [3.8, 4) is 11.5 Å². The first-order valence-electron chi connectivity index (χ1n) is 6.35. The summed E-state index contributed by atoms with van der Waals surface area (Å²) in [5, 5.41) is 8.87. The fourth-order valence-electron chi connectivity index (χ4n) is 2.18. The summed E-state index contributed by atoms with van der Waals surface area (Å²) in [6, 6.07) is 9.01. The zero-order chi connectivity index (χ0) is 13.9. The highest BCUT2D eigenvalue weighted by Crippen LogP contribution is 2.33. The summed E-state index contributed by atoms with van der Waals surface area (Å²) in [5.74, 6) is 1.33. The SMILES string of the molecule is O=c1cc(CO)occ1OCC1COc2ccccc21. The molecule has 1 aliphatic heterocycles. The molecule has 0 radical (unpaired) electrons. The molecule has 2 heterocycles. The zero-order valence-electron chi connectivity index (χ0n) is 10.7. The van der Waals surface area contributed by atoms with E-state index in [9.17, 15) is 4.79 Å². The van der Waals surface area contributed by atoms with Gasteiger partial charge in [-0.15, -0.1) is 0 Å². The Bertz CT molecular complexity index is 661. The van der Waals surface area contributed by atoms with Crippen LogP contribution in [-0.4, -0.2) is 18.3 Å². The molecule has 1 aromatic heterocycles. The Balaban J connectivity index is 1.71. The molecule has 1 unspecified atom stereocenters. The van der Waals surface area contributed by atoms with E-state index in [1.54, 1.807) is 0 Å². The van der Waals surface area contributed by atoms with E-state index in [4.69, 9.17) is 19.0 Å². The number of ether oxygens (including phenoxy) is 2. The quantitative estimate of drug-likeness (QED) is 0.918. The highest BCUT2D eigenvalue weighted by molar-refractivity contribution is 5.39. The summed E-state index contributed by atoms with van der Waals surface area (Å²) in [4.78, 5) is 11.7. The van der Waals surface area contributed by atoms with Crippen molar-refractivity contribution in [2.75, 3.05) is 13.2 Å². The minimum Gasteiger partial charge on any atom is -0.493 e. The number of aliphatic hydroxyl groups is 1. The molecule has 1 atom stereocenters. The van der Waals surface area contributed by atoms with Crippen LogP contribution in [0.25, 0.3) is 0 Å². The van der Waals surface area contributed by atoms with Crippen LogP contribution in [0.1, 0.15) is 17.2 Å². The minimum absolute atomic E-state index is 0.100. The zero-order valence-corrected chi connectivity index (χ0v) is 10.7. The Morgan fingerprint density at radius 2 is 2.20 bits per heavy atom. The van der Waals surface area contributed by atoms with Gasteiger partial charge in [0, 0.05) is 11.6 Å². The predicted octanol–water partition coefficient (Wildman–Crippen LogP) is 1.69. The molecular formula is C15H14O5. The standard InChI is InChI=1S/C15H14O5/c16-6-11-5-13(17)15(9-18-11)20-8-10-7-19-14-4-2-1-3-12(10)14/h1-5,9-10,16H,6-8H2. The first-order chi connectivity index (χ1) is 9.78. The van der Waals surface area contributed by atoms with E-state index in [-0.39, 0.29) is 29.5 Å². The van der Waals surface area contributed by atoms with E-state index < -0.39 is 0 Å². The van der Waals surface area contributed by atoms with Gasteiger partial charge in [0.15, 0.2) is 0 Å². The summed E-state index contributed by atoms with van der Waals surface area (Å²) < 4.78 is 16.1. The van der Waals surface area contributed by atoms with Crippen molar-refractivity contribution in [3.63, 3.8) is 0 Å². The van der Waals surface area contributed by atoms with Gasteiger partial charge < -0.3 is 19.0 Å². The highest BCUT2D eigenvalue weighted by atomic mass is 16.5. The maximum atomic E-state index is 11.7. The molecule has 5 heteroatoms. The van der Waals surface area contributed by atoms with Gasteiger partial charge in [-0.05, 0) is 6.07 Å². The molecule has 1 aliphatic rings. The van der Waals surface area contributed by atoms with Crippen molar-refractivity contribution in [2.24, 2.45) is 0 Å². The third-order valence-corrected chi connectivity index (χ3v) is 3.25. The van der Waals surface area contributed by atoms with Crippen molar-refractivity contribution in [1.82, 2.24) is 0 Å². The van der Waals surface area contributed by atoms with Crippen LogP contribution < -0.4 is 14.9 Å². The lowest BCUT2D eigenvalue weighted by molar-refractivity contribution is 0.227. The van der Waals surface area contributed by atoms with Gasteiger partial charge in [-0.2, -0.15) is 0 Å². The predicted molar refractivity (Wildman–Crippen MR) is 71.1 cm³/mol. The summed E-state index contributed by atoms with van der Waals surface area (Å²) in [6.07, 6.45) is 1.23. The molecule has 104 valence electrons. The van der Waals surface area contributed by atoms with Gasteiger partial charge in [0.1, 0.15) is 24.4 Å². The van der Waals surface area contributed by atoms with Crippen LogP contribution >= 0.6 is 0 Å². The highest BCUT2D eigenvalue weighted by Gasteiger charge is 2.24. The van der Waals surface area contributed by atoms with Gasteiger partial charge in [0.05, 0.1) is 19.1 Å². The topological polar surface area (TPSA) is 68.9 Å². The monoisotopic (exact) mass is 274 g/mol. The van der Waals surface area contributed by atoms with E-state index in [0.717, 1.165) is 11.3 Å². The summed E-state index contributed by atoms with van der Waals surface area (Å²) in [5.41, 5.74) is 0.788. The normalized spacial score (nSPS) is 16.6. The molecule has 0 spiro atoms. The van der Waals surface area contributed by atoms with E-state index in [0.29, 0.717) is 13.2 Å². The number of fused-ring (bicyclic) bond motifs is 1. The first kappa shape index (κ1) is 12.7. The van der Waals surface area contributed by atoms with Crippen molar-refractivity contribution in [2.45, 2.75) is 12.5 Å². The number of aliphatic hydroxyl groups excluding tert-OH is 1. The number of hydrogen-bond acceptors (Lipinski definition) is 5. The van der Waals surface area contributed by atoms with Crippen molar-refractivity contribution < 1.29 is 19.0 Å². The average molecular weight is 274 g/mol. The lowest BCUT2D eigenvalue weighted by Crippen LogP contribution is -2.15. The molecule has 1 aromatic carbocycles. The van der Waals surface area contributed by atoms with Crippen LogP contribution in [-0.2, 0) is 6.61 Å². The second kappa shape index (κ2) is 5.38. The lowest BCUT2D eigenvalue weighted by atomic mass is 10.0. The van der Waals surface area contributed by atoms with E-state index >= 15 is 0 Å². The number of rotatable bonds is 4. The van der Waals surface area contributed by atoms with Gasteiger partial charge in [-0.25, -0.2) is 0 Å². The Labute approximate surface area is 115 Å². The maximum Gasteiger partial charge on any atom is 0.227 e. The second-order valence-corrected chi connectivity index (χ2v) is 4.59. The maximum absolute atomic E-state index is 11.7. The molecule has 0 amide bonds. The second-order valence-electron chi connectivity index (χ2n) is 4.59. The van der Waals surface area contributed by atoms with E-state index in [1.165, 1.54) is 12.3 Å². The summed E-state index contributed by atoms with van der Waals surface area (Å²) in [7, 11) is 0. The fraction of sp³-hybridized carbons (Fsp3) is 0.267. The van der Waals surface area contributed by atoms with Gasteiger partial charge in [0.2, 0.25) is 11.2 Å². The largest absolute Gasteiger partial charge is 0.493 e. The lowest BCUT2D eigenvalue weighted by Gasteiger charge is -2.10. The Hall–Kier alpha value is -2.27. The Kier molecular flexibility index (Phi) is 3.43. The molecule has 0 aliphatic carbocycles. The molecule has 0 saturated heterocycles. The molecule has 0 saturated carbocycles. The van der Waals surface area contributed by atoms with Gasteiger partial charge >= 0.3 is 0 Å². The number of para-hydroxylation sites is 1. The molecule has 20 heavy (non-hydrogen) atoms. The van der Waals surface area contributed by atoms with Crippen LogP contribution in [0, 0.1) is 0 Å². The van der Waals surface area contributed by atoms with Crippen LogP contribution in [0.2, 0.25) is 0 Å². The molecule has 3 rings (SSSR count). The molecule has 5 nitrogen and oxygen atoms in total. The van der Waals surface area contributed by atoms with Crippen molar-refractivity contribution in [1.29, 1.82) is 0 Å². The summed E-state index contributed by atoms with van der Waals surface area (Å²) >= 11 is 0. The Morgan fingerprint density at radius 1 is 1.35 bits per heavy atom.